The van der Waals surface area contributed by atoms with E-state index < -0.39 is 9.84 Å². The Morgan fingerprint density at radius 1 is 1.47 bits per heavy atom. The van der Waals surface area contributed by atoms with Gasteiger partial charge in [-0.25, -0.2) is 13.1 Å². The standard InChI is InChI=1S/C8H12IN3O2S/c9-7-5-11-12(8(7)10)6-1-3-15(13,14)4-2-6/h5-6H,1-4,10H2. The molecular weight excluding hydrogens is 329 g/mol. The molecule has 0 amide bonds. The van der Waals surface area contributed by atoms with Crippen molar-refractivity contribution in [3.63, 3.8) is 0 Å². The first-order chi connectivity index (χ1) is 6.99. The van der Waals surface area contributed by atoms with Gasteiger partial charge in [0.25, 0.3) is 0 Å². The number of nitrogen functional groups attached to an aromatic ring is 1. The number of hydrogen-bond acceptors (Lipinski definition) is 4. The third kappa shape index (κ3) is 2.27. The Kier molecular flexibility index (Phi) is 2.93. The molecule has 0 saturated carbocycles. The molecule has 1 fully saturated rings. The van der Waals surface area contributed by atoms with E-state index in [1.54, 1.807) is 10.9 Å². The summed E-state index contributed by atoms with van der Waals surface area (Å²) in [5.74, 6) is 1.13. The molecule has 84 valence electrons. The SMILES string of the molecule is Nc1c(I)cnn1C1CCS(=O)(=O)CC1. The summed E-state index contributed by atoms with van der Waals surface area (Å²) in [6.45, 7) is 0. The zero-order valence-corrected chi connectivity index (χ0v) is 11.0. The van der Waals surface area contributed by atoms with Crippen LogP contribution in [-0.2, 0) is 9.84 Å². The zero-order chi connectivity index (χ0) is 11.1. The molecule has 2 N–H and O–H groups in total. The minimum atomic E-state index is -2.81. The Bertz CT molecular complexity index is 454. The average molecular weight is 341 g/mol. The Morgan fingerprint density at radius 2 is 2.07 bits per heavy atom. The fraction of sp³-hybridized carbons (Fsp3) is 0.625. The lowest BCUT2D eigenvalue weighted by Crippen LogP contribution is -2.26. The quantitative estimate of drug-likeness (QED) is 0.767. The number of sulfone groups is 1. The van der Waals surface area contributed by atoms with E-state index in [1.165, 1.54) is 0 Å². The lowest BCUT2D eigenvalue weighted by Gasteiger charge is -2.23. The molecule has 1 aliphatic heterocycles. The van der Waals surface area contributed by atoms with Crippen molar-refractivity contribution in [2.75, 3.05) is 17.2 Å². The van der Waals surface area contributed by atoms with Crippen molar-refractivity contribution in [1.29, 1.82) is 0 Å². The molecular formula is C8H12IN3O2S. The molecule has 1 aromatic heterocycles. The highest BCUT2D eigenvalue weighted by molar-refractivity contribution is 14.1. The predicted molar refractivity (Wildman–Crippen MR) is 66.3 cm³/mol. The number of nitrogens with two attached hydrogens (primary N) is 1. The average Bonchev–Trinajstić information content (AvgIpc) is 2.49. The van der Waals surface area contributed by atoms with Gasteiger partial charge >= 0.3 is 0 Å². The van der Waals surface area contributed by atoms with Gasteiger partial charge in [0.15, 0.2) is 0 Å². The Labute approximate surface area is 102 Å². The third-order valence-electron chi connectivity index (χ3n) is 2.66. The molecule has 7 heteroatoms. The summed E-state index contributed by atoms with van der Waals surface area (Å²) >= 11 is 2.12. The van der Waals surface area contributed by atoms with Gasteiger partial charge in [0.05, 0.1) is 27.3 Å². The molecule has 0 atom stereocenters. The van der Waals surface area contributed by atoms with Gasteiger partial charge in [0.2, 0.25) is 0 Å². The largest absolute Gasteiger partial charge is 0.383 e. The van der Waals surface area contributed by atoms with Gasteiger partial charge in [-0.1, -0.05) is 0 Å². The van der Waals surface area contributed by atoms with E-state index in [0.717, 1.165) is 3.57 Å². The summed E-state index contributed by atoms with van der Waals surface area (Å²) in [5, 5.41) is 4.18. The lowest BCUT2D eigenvalue weighted by atomic mass is 10.2. The van der Waals surface area contributed by atoms with Crippen LogP contribution in [0, 0.1) is 3.57 Å². The molecule has 5 nitrogen and oxygen atoms in total. The van der Waals surface area contributed by atoms with Crippen LogP contribution >= 0.6 is 22.6 Å². The summed E-state index contributed by atoms with van der Waals surface area (Å²) in [6, 6.07) is 0.136. The minimum Gasteiger partial charge on any atom is -0.383 e. The molecule has 15 heavy (non-hydrogen) atoms. The highest BCUT2D eigenvalue weighted by atomic mass is 127. The zero-order valence-electron chi connectivity index (χ0n) is 8.06. The normalized spacial score (nSPS) is 21.7. The van der Waals surface area contributed by atoms with Gasteiger partial charge in [-0.3, -0.25) is 0 Å². The maximum atomic E-state index is 11.3. The number of aromatic nitrogens is 2. The smallest absolute Gasteiger partial charge is 0.150 e. The van der Waals surface area contributed by atoms with Gasteiger partial charge in [-0.05, 0) is 35.4 Å². The molecule has 0 unspecified atom stereocenters. The number of anilines is 1. The van der Waals surface area contributed by atoms with Crippen LogP contribution in [0.2, 0.25) is 0 Å². The molecule has 1 saturated heterocycles. The van der Waals surface area contributed by atoms with E-state index in [2.05, 4.69) is 27.7 Å². The van der Waals surface area contributed by atoms with E-state index in [9.17, 15) is 8.42 Å². The molecule has 2 heterocycles. The van der Waals surface area contributed by atoms with Crippen molar-refractivity contribution in [3.8, 4) is 0 Å². The fourth-order valence-corrected chi connectivity index (χ4v) is 3.60. The molecule has 0 radical (unpaired) electrons. The second-order valence-electron chi connectivity index (χ2n) is 3.71. The van der Waals surface area contributed by atoms with Crippen LogP contribution < -0.4 is 5.73 Å². The lowest BCUT2D eigenvalue weighted by molar-refractivity contribution is 0.418. The van der Waals surface area contributed by atoms with Crippen molar-refractivity contribution in [2.45, 2.75) is 18.9 Å². The first-order valence-corrected chi connectivity index (χ1v) is 7.58. The second-order valence-corrected chi connectivity index (χ2v) is 7.17. The van der Waals surface area contributed by atoms with Gasteiger partial charge < -0.3 is 5.73 Å². The Balaban J connectivity index is 2.18. The highest BCUT2D eigenvalue weighted by Crippen LogP contribution is 2.27. The summed E-state index contributed by atoms with van der Waals surface area (Å²) in [6.07, 6.45) is 2.94. The first kappa shape index (κ1) is 11.2. The van der Waals surface area contributed by atoms with Crippen molar-refractivity contribution in [2.24, 2.45) is 0 Å². The van der Waals surface area contributed by atoms with Gasteiger partial charge in [-0.15, -0.1) is 0 Å². The number of halogens is 1. The van der Waals surface area contributed by atoms with Crippen LogP contribution in [0.5, 0.6) is 0 Å². The van der Waals surface area contributed by atoms with Gasteiger partial charge in [-0.2, -0.15) is 5.10 Å². The van der Waals surface area contributed by atoms with Gasteiger partial charge in [0.1, 0.15) is 15.7 Å². The van der Waals surface area contributed by atoms with Crippen molar-refractivity contribution in [1.82, 2.24) is 9.78 Å². The topological polar surface area (TPSA) is 78.0 Å². The molecule has 0 bridgehead atoms. The van der Waals surface area contributed by atoms with Crippen LogP contribution in [0.4, 0.5) is 5.82 Å². The van der Waals surface area contributed by atoms with Crippen LogP contribution in [0.1, 0.15) is 18.9 Å². The molecule has 2 rings (SSSR count). The van der Waals surface area contributed by atoms with E-state index in [4.69, 9.17) is 5.73 Å². The van der Waals surface area contributed by atoms with Crippen LogP contribution in [0.15, 0.2) is 6.20 Å². The summed E-state index contributed by atoms with van der Waals surface area (Å²) in [4.78, 5) is 0. The highest BCUT2D eigenvalue weighted by Gasteiger charge is 2.26. The molecule has 0 spiro atoms. The maximum Gasteiger partial charge on any atom is 0.150 e. The molecule has 1 aromatic rings. The van der Waals surface area contributed by atoms with Crippen LogP contribution in [-0.4, -0.2) is 29.7 Å². The number of nitrogens with zero attached hydrogens (tertiary/aromatic N) is 2. The monoisotopic (exact) mass is 341 g/mol. The van der Waals surface area contributed by atoms with Crippen molar-refractivity contribution >= 4 is 38.2 Å². The molecule has 1 aliphatic rings. The Morgan fingerprint density at radius 3 is 2.53 bits per heavy atom. The number of hydrogen-bond donors (Lipinski definition) is 1. The summed E-state index contributed by atoms with van der Waals surface area (Å²) in [5.41, 5.74) is 5.84. The van der Waals surface area contributed by atoms with E-state index in [-0.39, 0.29) is 17.5 Å². The predicted octanol–water partition coefficient (Wildman–Crippen LogP) is 0.820. The van der Waals surface area contributed by atoms with Gasteiger partial charge in [0, 0.05) is 0 Å². The van der Waals surface area contributed by atoms with E-state index in [1.807, 2.05) is 0 Å². The van der Waals surface area contributed by atoms with E-state index in [0.29, 0.717) is 18.7 Å². The minimum absolute atomic E-state index is 0.136. The first-order valence-electron chi connectivity index (χ1n) is 4.68. The third-order valence-corrected chi connectivity index (χ3v) is 5.20. The molecule has 0 aromatic carbocycles. The Hall–Kier alpha value is -0.310. The number of rotatable bonds is 1. The fourth-order valence-electron chi connectivity index (χ4n) is 1.76. The summed E-state index contributed by atoms with van der Waals surface area (Å²) in [7, 11) is -2.81. The second kappa shape index (κ2) is 3.93. The van der Waals surface area contributed by atoms with Crippen molar-refractivity contribution in [3.05, 3.63) is 9.77 Å². The van der Waals surface area contributed by atoms with Crippen LogP contribution in [0.3, 0.4) is 0 Å². The van der Waals surface area contributed by atoms with E-state index >= 15 is 0 Å². The molecule has 0 aliphatic carbocycles. The maximum absolute atomic E-state index is 11.3. The summed E-state index contributed by atoms with van der Waals surface area (Å²) < 4.78 is 25.2. The van der Waals surface area contributed by atoms with Crippen molar-refractivity contribution < 1.29 is 8.42 Å². The van der Waals surface area contributed by atoms with Crippen LogP contribution in [0.25, 0.3) is 0 Å².